The molecule has 0 radical (unpaired) electrons. The minimum absolute atomic E-state index is 0.278. The van der Waals surface area contributed by atoms with Gasteiger partial charge in [-0.15, -0.1) is 0 Å². The third kappa shape index (κ3) is 4.91. The van der Waals surface area contributed by atoms with Crippen molar-refractivity contribution in [1.29, 1.82) is 0 Å². The van der Waals surface area contributed by atoms with Gasteiger partial charge in [0, 0.05) is 24.7 Å². The Hall–Kier alpha value is -3.81. The number of hydrogen-bond donors (Lipinski definition) is 2. The van der Waals surface area contributed by atoms with Crippen molar-refractivity contribution in [3.05, 3.63) is 66.1 Å². The van der Waals surface area contributed by atoms with Gasteiger partial charge in [-0.2, -0.15) is 0 Å². The second kappa shape index (κ2) is 9.55. The van der Waals surface area contributed by atoms with Crippen LogP contribution in [0.25, 0.3) is 0 Å². The summed E-state index contributed by atoms with van der Waals surface area (Å²) in [7, 11) is 0. The number of hydrogen-bond acceptors (Lipinski definition) is 6. The van der Waals surface area contributed by atoms with Crippen LogP contribution in [0, 0.1) is 0 Å². The maximum atomic E-state index is 5.80. The number of guanidine groups is 1. The molecule has 8 heteroatoms. The fourth-order valence-corrected chi connectivity index (χ4v) is 3.50. The van der Waals surface area contributed by atoms with Gasteiger partial charge in [-0.1, -0.05) is 6.07 Å². The van der Waals surface area contributed by atoms with E-state index in [4.69, 9.17) is 23.4 Å². The summed E-state index contributed by atoms with van der Waals surface area (Å²) >= 11 is 0. The zero-order valence-electron chi connectivity index (χ0n) is 17.6. The summed E-state index contributed by atoms with van der Waals surface area (Å²) in [6.45, 7) is 2.70. The number of ether oxygens (including phenoxy) is 4. The fraction of sp³-hybridized carbons (Fsp3) is 0.292. The van der Waals surface area contributed by atoms with Crippen molar-refractivity contribution < 1.29 is 23.4 Å². The third-order valence-corrected chi connectivity index (χ3v) is 5.13. The Morgan fingerprint density at radius 3 is 2.59 bits per heavy atom. The van der Waals surface area contributed by atoms with Crippen LogP contribution in [-0.4, -0.2) is 32.5 Å². The van der Waals surface area contributed by atoms with E-state index in [-0.39, 0.29) is 6.79 Å². The van der Waals surface area contributed by atoms with E-state index in [2.05, 4.69) is 15.6 Å². The van der Waals surface area contributed by atoms with E-state index in [0.717, 1.165) is 52.9 Å². The van der Waals surface area contributed by atoms with Crippen LogP contribution in [0.4, 0.5) is 5.69 Å². The first-order chi connectivity index (χ1) is 15.8. The van der Waals surface area contributed by atoms with Gasteiger partial charge in [0.05, 0.1) is 19.5 Å². The maximum Gasteiger partial charge on any atom is 0.231 e. The van der Waals surface area contributed by atoms with Crippen molar-refractivity contribution in [3.63, 3.8) is 0 Å². The van der Waals surface area contributed by atoms with E-state index >= 15 is 0 Å². The molecule has 0 unspecified atom stereocenters. The van der Waals surface area contributed by atoms with E-state index in [1.807, 2.05) is 48.5 Å². The Morgan fingerprint density at radius 1 is 0.875 bits per heavy atom. The smallest absolute Gasteiger partial charge is 0.231 e. The summed E-state index contributed by atoms with van der Waals surface area (Å²) in [5.41, 5.74) is 2.02. The third-order valence-electron chi connectivity index (χ3n) is 5.13. The molecule has 2 aliphatic rings. The lowest BCUT2D eigenvalue weighted by molar-refractivity contribution is 0.174. The Morgan fingerprint density at radius 2 is 1.69 bits per heavy atom. The molecule has 1 aromatic heterocycles. The SMILES string of the molecule is c1coc(CN=C(NCCc2ccc3c(c2)OCO3)Nc2ccc3c(c2)OCCCO3)c1. The molecule has 0 saturated heterocycles. The lowest BCUT2D eigenvalue weighted by atomic mass is 10.1. The standard InChI is InChI=1S/C24H25N3O5/c1-3-19(28-10-1)15-26-24(25-9-8-17-4-6-21-22(13-17)32-16-31-21)27-18-5-7-20-23(14-18)30-12-2-11-29-20/h1,3-7,10,13-14H,2,8-9,11-12,15-16H2,(H2,25,26,27). The first kappa shape index (κ1) is 20.1. The average molecular weight is 435 g/mol. The predicted octanol–water partition coefficient (Wildman–Crippen LogP) is 3.97. The fourth-order valence-electron chi connectivity index (χ4n) is 3.50. The first-order valence-electron chi connectivity index (χ1n) is 10.7. The number of aliphatic imine (C=N–C) groups is 1. The van der Waals surface area contributed by atoms with Crippen LogP contribution in [0.2, 0.25) is 0 Å². The van der Waals surface area contributed by atoms with Crippen molar-refractivity contribution in [2.75, 3.05) is 31.9 Å². The maximum absolute atomic E-state index is 5.80. The van der Waals surface area contributed by atoms with Gasteiger partial charge in [-0.05, 0) is 48.4 Å². The van der Waals surface area contributed by atoms with Crippen LogP contribution in [0.3, 0.4) is 0 Å². The summed E-state index contributed by atoms with van der Waals surface area (Å²) in [6, 6.07) is 15.6. The second-order valence-corrected chi connectivity index (χ2v) is 7.45. The van der Waals surface area contributed by atoms with E-state index in [1.165, 1.54) is 0 Å². The zero-order valence-corrected chi connectivity index (χ0v) is 17.6. The molecule has 0 saturated carbocycles. The molecular formula is C24H25N3O5. The van der Waals surface area contributed by atoms with Gasteiger partial charge in [0.25, 0.3) is 0 Å². The van der Waals surface area contributed by atoms with Crippen molar-refractivity contribution in [1.82, 2.24) is 5.32 Å². The average Bonchev–Trinajstić information content (AvgIpc) is 3.44. The number of anilines is 1. The van der Waals surface area contributed by atoms with Crippen molar-refractivity contribution in [2.24, 2.45) is 4.99 Å². The molecule has 166 valence electrons. The molecule has 5 rings (SSSR count). The molecule has 0 amide bonds. The molecule has 2 aromatic carbocycles. The second-order valence-electron chi connectivity index (χ2n) is 7.45. The highest BCUT2D eigenvalue weighted by molar-refractivity contribution is 5.94. The minimum atomic E-state index is 0.278. The van der Waals surface area contributed by atoms with Crippen LogP contribution in [0.5, 0.6) is 23.0 Å². The minimum Gasteiger partial charge on any atom is -0.490 e. The molecule has 2 aliphatic heterocycles. The highest BCUT2D eigenvalue weighted by atomic mass is 16.7. The highest BCUT2D eigenvalue weighted by Crippen LogP contribution is 2.33. The van der Waals surface area contributed by atoms with Crippen molar-refractivity contribution in [2.45, 2.75) is 19.4 Å². The highest BCUT2D eigenvalue weighted by Gasteiger charge is 2.14. The van der Waals surface area contributed by atoms with Crippen LogP contribution in [0.1, 0.15) is 17.7 Å². The summed E-state index contributed by atoms with van der Waals surface area (Å²) in [6.07, 6.45) is 3.32. The predicted molar refractivity (Wildman–Crippen MR) is 120 cm³/mol. The summed E-state index contributed by atoms with van der Waals surface area (Å²) in [5.74, 6) is 4.52. The van der Waals surface area contributed by atoms with Gasteiger partial charge < -0.3 is 34.0 Å². The lowest BCUT2D eigenvalue weighted by Crippen LogP contribution is -2.32. The molecular weight excluding hydrogens is 410 g/mol. The van der Waals surface area contributed by atoms with E-state index in [0.29, 0.717) is 32.3 Å². The molecule has 0 aliphatic carbocycles. The number of furan rings is 1. The molecule has 3 heterocycles. The van der Waals surface area contributed by atoms with Crippen LogP contribution in [0.15, 0.2) is 64.2 Å². The van der Waals surface area contributed by atoms with Gasteiger partial charge >= 0.3 is 0 Å². The Kier molecular flexibility index (Phi) is 6.00. The van der Waals surface area contributed by atoms with Crippen molar-refractivity contribution in [3.8, 4) is 23.0 Å². The van der Waals surface area contributed by atoms with Gasteiger partial charge in [0.2, 0.25) is 6.79 Å². The topological polar surface area (TPSA) is 86.5 Å². The Balaban J connectivity index is 1.26. The number of benzene rings is 2. The largest absolute Gasteiger partial charge is 0.490 e. The Labute approximate surface area is 186 Å². The quantitative estimate of drug-likeness (QED) is 0.448. The van der Waals surface area contributed by atoms with Crippen LogP contribution >= 0.6 is 0 Å². The number of nitrogens with zero attached hydrogens (tertiary/aromatic N) is 1. The summed E-state index contributed by atoms with van der Waals surface area (Å²) < 4.78 is 27.8. The summed E-state index contributed by atoms with van der Waals surface area (Å²) in [4.78, 5) is 4.67. The first-order valence-corrected chi connectivity index (χ1v) is 10.7. The van der Waals surface area contributed by atoms with Crippen molar-refractivity contribution >= 4 is 11.6 Å². The van der Waals surface area contributed by atoms with Crippen LogP contribution in [-0.2, 0) is 13.0 Å². The van der Waals surface area contributed by atoms with Gasteiger partial charge in [0.15, 0.2) is 29.0 Å². The van der Waals surface area contributed by atoms with Crippen LogP contribution < -0.4 is 29.6 Å². The molecule has 2 N–H and O–H groups in total. The van der Waals surface area contributed by atoms with E-state index in [1.54, 1.807) is 6.26 Å². The molecule has 32 heavy (non-hydrogen) atoms. The summed E-state index contributed by atoms with van der Waals surface area (Å²) in [5, 5.41) is 6.75. The zero-order chi connectivity index (χ0) is 21.6. The van der Waals surface area contributed by atoms with Gasteiger partial charge in [-0.25, -0.2) is 4.99 Å². The molecule has 3 aromatic rings. The monoisotopic (exact) mass is 435 g/mol. The lowest BCUT2D eigenvalue weighted by Gasteiger charge is -2.14. The molecule has 0 fully saturated rings. The van der Waals surface area contributed by atoms with E-state index < -0.39 is 0 Å². The molecule has 0 spiro atoms. The molecule has 8 nitrogen and oxygen atoms in total. The number of fused-ring (bicyclic) bond motifs is 2. The number of rotatable bonds is 6. The van der Waals surface area contributed by atoms with Gasteiger partial charge in [0.1, 0.15) is 12.3 Å². The van der Waals surface area contributed by atoms with E-state index in [9.17, 15) is 0 Å². The normalized spacial score (nSPS) is 14.7. The Bertz CT molecular complexity index is 1080. The number of nitrogens with one attached hydrogen (secondary N) is 2. The molecule has 0 atom stereocenters. The molecule has 0 bridgehead atoms. The van der Waals surface area contributed by atoms with Gasteiger partial charge in [-0.3, -0.25) is 0 Å².